The van der Waals surface area contributed by atoms with Gasteiger partial charge in [-0.2, -0.15) is 0 Å². The molecule has 0 aliphatic carbocycles. The molecule has 0 radical (unpaired) electrons. The van der Waals surface area contributed by atoms with Gasteiger partial charge in [0.2, 0.25) is 0 Å². The normalized spacial score (nSPS) is 10.6. The van der Waals surface area contributed by atoms with Crippen molar-refractivity contribution in [2.24, 2.45) is 0 Å². The number of rotatable bonds is 3. The molecule has 4 rings (SSSR count). The summed E-state index contributed by atoms with van der Waals surface area (Å²) in [6.07, 6.45) is 0. The van der Waals surface area contributed by atoms with Crippen LogP contribution in [0.5, 0.6) is 0 Å². The first-order valence-corrected chi connectivity index (χ1v) is 9.06. The summed E-state index contributed by atoms with van der Waals surface area (Å²) in [5, 5.41) is 0. The lowest BCUT2D eigenvalue weighted by atomic mass is 9.71. The minimum atomic E-state index is 1.26. The van der Waals surface area contributed by atoms with Gasteiger partial charge in [-0.15, -0.1) is 0 Å². The zero-order chi connectivity index (χ0) is 17.9. The van der Waals surface area contributed by atoms with Gasteiger partial charge in [-0.05, 0) is 39.4 Å². The second kappa shape index (κ2) is 7.09. The summed E-state index contributed by atoms with van der Waals surface area (Å²) in [7, 11) is 4.48. The van der Waals surface area contributed by atoms with Crippen molar-refractivity contribution in [1.82, 2.24) is 0 Å². The average Bonchev–Trinajstić information content (AvgIpc) is 2.70. The predicted octanol–water partition coefficient (Wildman–Crippen LogP) is 3.20. The summed E-state index contributed by atoms with van der Waals surface area (Å²) in [5.41, 5.74) is 10.4. The van der Waals surface area contributed by atoms with Gasteiger partial charge < -0.3 is 0 Å². The van der Waals surface area contributed by atoms with Gasteiger partial charge in [0.05, 0.1) is 0 Å². The van der Waals surface area contributed by atoms with Gasteiger partial charge in [0.1, 0.15) is 15.7 Å². The Balaban J connectivity index is 2.05. The third-order valence-electron chi connectivity index (χ3n) is 5.08. The maximum Gasteiger partial charge on any atom is 0.140 e. The fourth-order valence-corrected chi connectivity index (χ4v) is 3.78. The van der Waals surface area contributed by atoms with Crippen molar-refractivity contribution in [3.63, 3.8) is 0 Å². The number of hydrogen-bond donors (Lipinski definition) is 0. The van der Waals surface area contributed by atoms with Crippen molar-refractivity contribution in [2.45, 2.75) is 0 Å². The molecule has 26 heavy (non-hydrogen) atoms. The molecule has 0 heterocycles. The van der Waals surface area contributed by atoms with E-state index in [1.165, 1.54) is 44.3 Å². The van der Waals surface area contributed by atoms with E-state index in [2.05, 4.69) is 113 Å². The maximum absolute atomic E-state index is 2.35. The minimum Gasteiger partial charge on any atom is -0.0741 e. The smallest absolute Gasteiger partial charge is 0.0741 e. The van der Waals surface area contributed by atoms with Crippen LogP contribution >= 0.6 is 0 Å². The second-order valence-corrected chi connectivity index (χ2v) is 6.69. The molecule has 0 aliphatic heterocycles. The minimum absolute atomic E-state index is 1.26. The van der Waals surface area contributed by atoms with Crippen LogP contribution in [0.25, 0.3) is 33.4 Å². The highest BCUT2D eigenvalue weighted by Crippen LogP contribution is 2.28. The number of benzene rings is 4. The Morgan fingerprint density at radius 1 is 0.423 bits per heavy atom. The molecule has 0 unspecified atom stereocenters. The molecule has 0 nitrogen and oxygen atoms in total. The van der Waals surface area contributed by atoms with E-state index in [0.29, 0.717) is 0 Å². The second-order valence-electron chi connectivity index (χ2n) is 6.69. The molecule has 0 amide bonds. The molecular weight excluding hydrogens is 310 g/mol. The van der Waals surface area contributed by atoms with Crippen molar-refractivity contribution in [2.75, 3.05) is 0 Å². The molecule has 4 aromatic carbocycles. The van der Waals surface area contributed by atoms with Crippen molar-refractivity contribution >= 4 is 26.6 Å². The van der Waals surface area contributed by atoms with Gasteiger partial charge >= 0.3 is 0 Å². The molecule has 2 heteroatoms. The summed E-state index contributed by atoms with van der Waals surface area (Å²) in [4.78, 5) is 0. The molecule has 0 saturated carbocycles. The monoisotopic (exact) mass is 330 g/mol. The van der Waals surface area contributed by atoms with Crippen LogP contribution in [0.15, 0.2) is 97.1 Å². The maximum atomic E-state index is 2.35. The van der Waals surface area contributed by atoms with E-state index in [4.69, 9.17) is 0 Å². The SMILES string of the molecule is Bc1c(-c2ccccc2)cc(-c2ccccc2)c(B)c1-c1ccccc1. The molecule has 4 aromatic rings. The van der Waals surface area contributed by atoms with Crippen LogP contribution in [-0.2, 0) is 0 Å². The topological polar surface area (TPSA) is 0 Å². The highest BCUT2D eigenvalue weighted by atomic mass is 14.2. The molecule has 0 fully saturated rings. The Kier molecular flexibility index (Phi) is 4.49. The summed E-state index contributed by atoms with van der Waals surface area (Å²) >= 11 is 0. The van der Waals surface area contributed by atoms with Gasteiger partial charge in [0, 0.05) is 0 Å². The Bertz CT molecular complexity index is 960. The highest BCUT2D eigenvalue weighted by molar-refractivity contribution is 6.48. The first-order valence-electron chi connectivity index (χ1n) is 9.06. The lowest BCUT2D eigenvalue weighted by molar-refractivity contribution is 1.61. The van der Waals surface area contributed by atoms with Crippen LogP contribution < -0.4 is 10.9 Å². The molecule has 122 valence electrons. The molecular formula is C24H20B2. The average molecular weight is 330 g/mol. The van der Waals surface area contributed by atoms with Gasteiger partial charge in [-0.3, -0.25) is 0 Å². The largest absolute Gasteiger partial charge is 0.140 e. The molecule has 0 bridgehead atoms. The van der Waals surface area contributed by atoms with Crippen LogP contribution in [0.2, 0.25) is 0 Å². The van der Waals surface area contributed by atoms with Crippen molar-refractivity contribution in [1.29, 1.82) is 0 Å². The van der Waals surface area contributed by atoms with Gasteiger partial charge in [-0.25, -0.2) is 0 Å². The quantitative estimate of drug-likeness (QED) is 0.506. The van der Waals surface area contributed by atoms with E-state index in [1.807, 2.05) is 0 Å². The van der Waals surface area contributed by atoms with Gasteiger partial charge in [0.25, 0.3) is 0 Å². The Morgan fingerprint density at radius 2 is 0.769 bits per heavy atom. The third kappa shape index (κ3) is 2.99. The van der Waals surface area contributed by atoms with E-state index in [9.17, 15) is 0 Å². The zero-order valence-corrected chi connectivity index (χ0v) is 15.2. The summed E-state index contributed by atoms with van der Waals surface area (Å²) < 4.78 is 0. The van der Waals surface area contributed by atoms with E-state index in [0.717, 1.165) is 0 Å². The van der Waals surface area contributed by atoms with E-state index < -0.39 is 0 Å². The van der Waals surface area contributed by atoms with E-state index >= 15 is 0 Å². The lowest BCUT2D eigenvalue weighted by Crippen LogP contribution is -2.23. The number of hydrogen-bond acceptors (Lipinski definition) is 0. The van der Waals surface area contributed by atoms with E-state index in [-0.39, 0.29) is 0 Å². The van der Waals surface area contributed by atoms with Crippen LogP contribution in [0.4, 0.5) is 0 Å². The Hall–Kier alpha value is -2.99. The van der Waals surface area contributed by atoms with Crippen molar-refractivity contribution in [3.8, 4) is 33.4 Å². The first kappa shape index (κ1) is 16.5. The molecule has 0 saturated heterocycles. The van der Waals surface area contributed by atoms with Gasteiger partial charge in [-0.1, -0.05) is 102 Å². The lowest BCUT2D eigenvalue weighted by Gasteiger charge is -2.20. The molecule has 0 N–H and O–H groups in total. The molecule has 0 aromatic heterocycles. The fraction of sp³-hybridized carbons (Fsp3) is 0. The Morgan fingerprint density at radius 3 is 1.15 bits per heavy atom. The van der Waals surface area contributed by atoms with Crippen LogP contribution in [-0.4, -0.2) is 15.7 Å². The summed E-state index contributed by atoms with van der Waals surface area (Å²) in [6.45, 7) is 0. The van der Waals surface area contributed by atoms with Crippen LogP contribution in [0, 0.1) is 0 Å². The molecule has 0 spiro atoms. The van der Waals surface area contributed by atoms with Crippen LogP contribution in [0.3, 0.4) is 0 Å². The van der Waals surface area contributed by atoms with Crippen LogP contribution in [0.1, 0.15) is 0 Å². The fourth-order valence-electron chi connectivity index (χ4n) is 3.78. The third-order valence-corrected chi connectivity index (χ3v) is 5.08. The first-order chi connectivity index (χ1) is 12.8. The highest BCUT2D eigenvalue weighted by Gasteiger charge is 2.15. The zero-order valence-electron chi connectivity index (χ0n) is 15.2. The van der Waals surface area contributed by atoms with Gasteiger partial charge in [0.15, 0.2) is 0 Å². The van der Waals surface area contributed by atoms with Crippen molar-refractivity contribution in [3.05, 3.63) is 97.1 Å². The standard InChI is InChI=1S/C24H20B2/c25-23-20(17-10-4-1-5-11-17)16-21(18-12-6-2-7-13-18)24(26)22(23)19-14-8-3-9-15-19/h1-16H,25-26H2. The summed E-state index contributed by atoms with van der Waals surface area (Å²) in [5.74, 6) is 0. The summed E-state index contributed by atoms with van der Waals surface area (Å²) in [6, 6.07) is 34.4. The molecule has 0 aliphatic rings. The van der Waals surface area contributed by atoms with Crippen molar-refractivity contribution < 1.29 is 0 Å². The Labute approximate surface area is 157 Å². The predicted molar refractivity (Wildman–Crippen MR) is 119 cm³/mol. The molecule has 0 atom stereocenters. The van der Waals surface area contributed by atoms with E-state index in [1.54, 1.807) is 0 Å².